The maximum Gasteiger partial charge on any atom is 0.223 e. The van der Waals surface area contributed by atoms with Crippen molar-refractivity contribution in [3.8, 4) is 0 Å². The molecule has 14 heavy (non-hydrogen) atoms. The van der Waals surface area contributed by atoms with Crippen LogP contribution in [0.4, 0.5) is 0 Å². The average Bonchev–Trinajstić information content (AvgIpc) is 2.06. The van der Waals surface area contributed by atoms with Crippen LogP contribution in [0.3, 0.4) is 0 Å². The minimum Gasteiger partial charge on any atom is -0.353 e. The second-order valence-electron chi connectivity index (χ2n) is 5.09. The van der Waals surface area contributed by atoms with E-state index in [1.54, 1.807) is 0 Å². The van der Waals surface area contributed by atoms with Gasteiger partial charge in [-0.05, 0) is 44.4 Å². The van der Waals surface area contributed by atoms with Gasteiger partial charge in [-0.25, -0.2) is 0 Å². The lowest BCUT2D eigenvalue weighted by Crippen LogP contribution is -2.42. The van der Waals surface area contributed by atoms with Crippen molar-refractivity contribution in [2.45, 2.75) is 57.9 Å². The maximum absolute atomic E-state index is 11.7. The maximum atomic E-state index is 11.7. The summed E-state index contributed by atoms with van der Waals surface area (Å²) < 4.78 is 0. The Labute approximate surface area is 86.5 Å². The summed E-state index contributed by atoms with van der Waals surface area (Å²) in [6, 6.07) is 0.485. The van der Waals surface area contributed by atoms with Gasteiger partial charge in [-0.1, -0.05) is 13.3 Å². The third kappa shape index (κ3) is 2.28. The van der Waals surface area contributed by atoms with E-state index in [0.29, 0.717) is 17.9 Å². The van der Waals surface area contributed by atoms with Crippen molar-refractivity contribution in [2.75, 3.05) is 0 Å². The predicted molar refractivity (Wildman–Crippen MR) is 56.9 cm³/mol. The van der Waals surface area contributed by atoms with Crippen LogP contribution in [0.1, 0.15) is 51.9 Å². The van der Waals surface area contributed by atoms with E-state index in [-0.39, 0.29) is 0 Å². The van der Waals surface area contributed by atoms with Gasteiger partial charge in [0.25, 0.3) is 0 Å². The third-order valence-electron chi connectivity index (χ3n) is 3.84. The van der Waals surface area contributed by atoms with Gasteiger partial charge in [-0.3, -0.25) is 4.79 Å². The molecule has 0 atom stereocenters. The first-order chi connectivity index (χ1) is 6.75. The van der Waals surface area contributed by atoms with Crippen LogP contribution in [-0.4, -0.2) is 11.9 Å². The Morgan fingerprint density at radius 2 is 1.71 bits per heavy atom. The number of carbonyl (C=O) groups excluding carboxylic acids is 1. The van der Waals surface area contributed by atoms with Crippen LogP contribution in [0.25, 0.3) is 0 Å². The summed E-state index contributed by atoms with van der Waals surface area (Å²) in [5, 5.41) is 3.20. The fourth-order valence-corrected chi connectivity index (χ4v) is 2.39. The van der Waals surface area contributed by atoms with Gasteiger partial charge in [0, 0.05) is 12.0 Å². The third-order valence-corrected chi connectivity index (χ3v) is 3.84. The topological polar surface area (TPSA) is 29.1 Å². The zero-order chi connectivity index (χ0) is 9.97. The van der Waals surface area contributed by atoms with Crippen LogP contribution in [0.5, 0.6) is 0 Å². The van der Waals surface area contributed by atoms with Crippen molar-refractivity contribution in [3.05, 3.63) is 0 Å². The molecule has 0 spiro atoms. The molecule has 1 N–H and O–H groups in total. The second-order valence-corrected chi connectivity index (χ2v) is 5.09. The van der Waals surface area contributed by atoms with Gasteiger partial charge in [-0.15, -0.1) is 0 Å². The van der Waals surface area contributed by atoms with E-state index in [2.05, 4.69) is 12.2 Å². The van der Waals surface area contributed by atoms with Crippen molar-refractivity contribution in [3.63, 3.8) is 0 Å². The van der Waals surface area contributed by atoms with Crippen LogP contribution in [0, 0.1) is 11.8 Å². The first kappa shape index (κ1) is 10.0. The molecule has 0 aliphatic heterocycles. The molecule has 2 saturated carbocycles. The molecule has 2 aliphatic carbocycles. The van der Waals surface area contributed by atoms with E-state index in [4.69, 9.17) is 0 Å². The van der Waals surface area contributed by atoms with Crippen LogP contribution in [0.2, 0.25) is 0 Å². The van der Waals surface area contributed by atoms with Crippen molar-refractivity contribution in [1.82, 2.24) is 5.32 Å². The summed E-state index contributed by atoms with van der Waals surface area (Å²) in [4.78, 5) is 11.7. The molecule has 80 valence electrons. The SMILES string of the molecule is CC1CCC(NC(=O)C2CCC2)CC1. The molecule has 1 amide bonds. The van der Waals surface area contributed by atoms with E-state index in [1.165, 1.54) is 32.1 Å². The van der Waals surface area contributed by atoms with Gasteiger partial charge in [0.1, 0.15) is 0 Å². The van der Waals surface area contributed by atoms with Crippen molar-refractivity contribution in [2.24, 2.45) is 11.8 Å². The van der Waals surface area contributed by atoms with Crippen LogP contribution >= 0.6 is 0 Å². The van der Waals surface area contributed by atoms with Gasteiger partial charge in [0.15, 0.2) is 0 Å². The molecule has 2 nitrogen and oxygen atoms in total. The molecule has 0 bridgehead atoms. The summed E-state index contributed by atoms with van der Waals surface area (Å²) in [7, 11) is 0. The number of hydrogen-bond acceptors (Lipinski definition) is 1. The van der Waals surface area contributed by atoms with E-state index in [0.717, 1.165) is 18.8 Å². The molecule has 2 rings (SSSR count). The zero-order valence-corrected chi connectivity index (χ0v) is 9.09. The van der Waals surface area contributed by atoms with Gasteiger partial charge in [0.05, 0.1) is 0 Å². The Bertz CT molecular complexity index is 202. The summed E-state index contributed by atoms with van der Waals surface area (Å²) in [6.45, 7) is 2.31. The number of amides is 1. The molecular weight excluding hydrogens is 174 g/mol. The van der Waals surface area contributed by atoms with Gasteiger partial charge in [-0.2, -0.15) is 0 Å². The monoisotopic (exact) mass is 195 g/mol. The molecule has 0 aromatic rings. The van der Waals surface area contributed by atoms with Gasteiger partial charge >= 0.3 is 0 Å². The van der Waals surface area contributed by atoms with E-state index < -0.39 is 0 Å². The molecule has 2 fully saturated rings. The highest BCUT2D eigenvalue weighted by Gasteiger charge is 2.27. The van der Waals surface area contributed by atoms with Gasteiger partial charge in [0.2, 0.25) is 5.91 Å². The summed E-state index contributed by atoms with van der Waals surface area (Å²) in [5.74, 6) is 1.55. The van der Waals surface area contributed by atoms with Gasteiger partial charge < -0.3 is 5.32 Å². The Balaban J connectivity index is 1.71. The van der Waals surface area contributed by atoms with E-state index in [1.807, 2.05) is 0 Å². The number of carbonyl (C=O) groups is 1. The molecular formula is C12H21NO. The Hall–Kier alpha value is -0.530. The minimum absolute atomic E-state index is 0.329. The largest absolute Gasteiger partial charge is 0.353 e. The predicted octanol–water partition coefficient (Wildman–Crippen LogP) is 2.48. The normalized spacial score (nSPS) is 33.5. The number of hydrogen-bond donors (Lipinski definition) is 1. The van der Waals surface area contributed by atoms with Crippen molar-refractivity contribution >= 4 is 5.91 Å². The zero-order valence-electron chi connectivity index (χ0n) is 9.09. The highest BCUT2D eigenvalue weighted by atomic mass is 16.2. The Kier molecular flexibility index (Phi) is 3.09. The molecule has 0 heterocycles. The van der Waals surface area contributed by atoms with E-state index in [9.17, 15) is 4.79 Å². The highest BCUT2D eigenvalue weighted by Crippen LogP contribution is 2.28. The fraction of sp³-hybridized carbons (Fsp3) is 0.917. The number of nitrogens with one attached hydrogen (secondary N) is 1. The molecule has 0 aromatic heterocycles. The summed E-state index contributed by atoms with van der Waals surface area (Å²) in [5.41, 5.74) is 0. The Morgan fingerprint density at radius 1 is 1.07 bits per heavy atom. The summed E-state index contributed by atoms with van der Waals surface area (Å²) >= 11 is 0. The first-order valence-corrected chi connectivity index (χ1v) is 6.06. The second kappa shape index (κ2) is 4.33. The smallest absolute Gasteiger partial charge is 0.223 e. The number of rotatable bonds is 2. The first-order valence-electron chi connectivity index (χ1n) is 6.06. The molecule has 0 saturated heterocycles. The highest BCUT2D eigenvalue weighted by molar-refractivity contribution is 5.79. The standard InChI is InChI=1S/C12H21NO/c1-9-5-7-11(8-6-9)13-12(14)10-3-2-4-10/h9-11H,2-8H2,1H3,(H,13,14). The molecule has 0 radical (unpaired) electrons. The quantitative estimate of drug-likeness (QED) is 0.720. The fourth-order valence-electron chi connectivity index (χ4n) is 2.39. The molecule has 2 heteroatoms. The van der Waals surface area contributed by atoms with Crippen LogP contribution in [-0.2, 0) is 4.79 Å². The van der Waals surface area contributed by atoms with Crippen molar-refractivity contribution < 1.29 is 4.79 Å². The van der Waals surface area contributed by atoms with Crippen LogP contribution in [0.15, 0.2) is 0 Å². The Morgan fingerprint density at radius 3 is 2.21 bits per heavy atom. The minimum atomic E-state index is 0.329. The lowest BCUT2D eigenvalue weighted by molar-refractivity contribution is -0.128. The molecule has 2 aliphatic rings. The van der Waals surface area contributed by atoms with Crippen LogP contribution < -0.4 is 5.32 Å². The molecule has 0 unspecified atom stereocenters. The molecule has 0 aromatic carbocycles. The average molecular weight is 195 g/mol. The van der Waals surface area contributed by atoms with E-state index >= 15 is 0 Å². The van der Waals surface area contributed by atoms with Crippen molar-refractivity contribution in [1.29, 1.82) is 0 Å². The lowest BCUT2D eigenvalue weighted by Gasteiger charge is -2.30. The summed E-state index contributed by atoms with van der Waals surface area (Å²) in [6.07, 6.45) is 8.45. The lowest BCUT2D eigenvalue weighted by atomic mass is 9.83.